The standard InChI is InChI=1S/C10H19N/c1-10(2,3)8-5-4-6-9(11)7-8/h5,9H,4,6-7,11H2,1-3H3. The molecule has 0 aromatic carbocycles. The van der Waals surface area contributed by atoms with Gasteiger partial charge in [0.05, 0.1) is 0 Å². The summed E-state index contributed by atoms with van der Waals surface area (Å²) in [6, 6.07) is 0.411. The first-order valence-electron chi connectivity index (χ1n) is 4.45. The fraction of sp³-hybridized carbons (Fsp3) is 0.800. The Labute approximate surface area is 69.7 Å². The van der Waals surface area contributed by atoms with E-state index in [9.17, 15) is 0 Å². The van der Waals surface area contributed by atoms with Crippen LogP contribution >= 0.6 is 0 Å². The number of rotatable bonds is 0. The van der Waals surface area contributed by atoms with Gasteiger partial charge in [0, 0.05) is 6.04 Å². The monoisotopic (exact) mass is 153 g/mol. The summed E-state index contributed by atoms with van der Waals surface area (Å²) in [6.45, 7) is 6.78. The van der Waals surface area contributed by atoms with Gasteiger partial charge in [0.25, 0.3) is 0 Å². The van der Waals surface area contributed by atoms with Crippen molar-refractivity contribution < 1.29 is 0 Å². The molecular formula is C10H19N. The number of allylic oxidation sites excluding steroid dienone is 1. The van der Waals surface area contributed by atoms with Gasteiger partial charge < -0.3 is 5.73 Å². The van der Waals surface area contributed by atoms with E-state index in [0.717, 1.165) is 6.42 Å². The van der Waals surface area contributed by atoms with Gasteiger partial charge in [0.1, 0.15) is 0 Å². The van der Waals surface area contributed by atoms with E-state index in [4.69, 9.17) is 5.73 Å². The van der Waals surface area contributed by atoms with Crippen LogP contribution in [0.3, 0.4) is 0 Å². The van der Waals surface area contributed by atoms with Gasteiger partial charge in [-0.15, -0.1) is 0 Å². The van der Waals surface area contributed by atoms with Gasteiger partial charge in [0.2, 0.25) is 0 Å². The first kappa shape index (κ1) is 8.79. The minimum absolute atomic E-state index is 0.331. The van der Waals surface area contributed by atoms with Gasteiger partial charge >= 0.3 is 0 Å². The Morgan fingerprint density at radius 2 is 2.09 bits per heavy atom. The number of hydrogen-bond donors (Lipinski definition) is 1. The maximum Gasteiger partial charge on any atom is 0.00792 e. The Hall–Kier alpha value is -0.300. The SMILES string of the molecule is CC(C)(C)C1=CCCC(N)C1. The molecular weight excluding hydrogens is 134 g/mol. The van der Waals surface area contributed by atoms with Gasteiger partial charge in [0.15, 0.2) is 0 Å². The van der Waals surface area contributed by atoms with Crippen molar-refractivity contribution in [2.45, 2.75) is 46.1 Å². The van der Waals surface area contributed by atoms with Gasteiger partial charge in [-0.3, -0.25) is 0 Å². The van der Waals surface area contributed by atoms with E-state index < -0.39 is 0 Å². The van der Waals surface area contributed by atoms with Crippen molar-refractivity contribution in [3.63, 3.8) is 0 Å². The summed E-state index contributed by atoms with van der Waals surface area (Å²) >= 11 is 0. The molecule has 0 aliphatic heterocycles. The highest BCUT2D eigenvalue weighted by Crippen LogP contribution is 2.32. The van der Waals surface area contributed by atoms with Crippen molar-refractivity contribution in [3.05, 3.63) is 11.6 Å². The van der Waals surface area contributed by atoms with Crippen molar-refractivity contribution in [2.75, 3.05) is 0 Å². The predicted octanol–water partition coefficient (Wildman–Crippen LogP) is 2.47. The third-order valence-electron chi connectivity index (χ3n) is 2.37. The molecule has 1 nitrogen and oxygen atoms in total. The van der Waals surface area contributed by atoms with Crippen LogP contribution in [0.1, 0.15) is 40.0 Å². The largest absolute Gasteiger partial charge is 0.327 e. The summed E-state index contributed by atoms with van der Waals surface area (Å²) in [7, 11) is 0. The van der Waals surface area contributed by atoms with Gasteiger partial charge in [-0.1, -0.05) is 32.4 Å². The summed E-state index contributed by atoms with van der Waals surface area (Å²) in [5.41, 5.74) is 7.75. The molecule has 1 aliphatic rings. The smallest absolute Gasteiger partial charge is 0.00792 e. The van der Waals surface area contributed by atoms with E-state index in [2.05, 4.69) is 26.8 Å². The molecule has 1 unspecified atom stereocenters. The lowest BCUT2D eigenvalue weighted by molar-refractivity contribution is 0.438. The first-order chi connectivity index (χ1) is 5.00. The highest BCUT2D eigenvalue weighted by molar-refractivity contribution is 5.15. The molecule has 0 saturated carbocycles. The van der Waals surface area contributed by atoms with Crippen LogP contribution in [0.25, 0.3) is 0 Å². The Morgan fingerprint density at radius 1 is 1.45 bits per heavy atom. The molecule has 0 spiro atoms. The topological polar surface area (TPSA) is 26.0 Å². The highest BCUT2D eigenvalue weighted by Gasteiger charge is 2.21. The molecule has 1 heteroatoms. The minimum atomic E-state index is 0.331. The van der Waals surface area contributed by atoms with E-state index in [1.54, 1.807) is 0 Å². The van der Waals surface area contributed by atoms with Crippen molar-refractivity contribution in [1.82, 2.24) is 0 Å². The van der Waals surface area contributed by atoms with Crippen molar-refractivity contribution in [1.29, 1.82) is 0 Å². The molecule has 2 N–H and O–H groups in total. The lowest BCUT2D eigenvalue weighted by Crippen LogP contribution is -2.26. The van der Waals surface area contributed by atoms with Crippen LogP contribution in [0.2, 0.25) is 0 Å². The van der Waals surface area contributed by atoms with Gasteiger partial charge in [-0.2, -0.15) is 0 Å². The van der Waals surface area contributed by atoms with E-state index in [-0.39, 0.29) is 0 Å². The zero-order valence-electron chi connectivity index (χ0n) is 7.85. The molecule has 1 atom stereocenters. The van der Waals surface area contributed by atoms with Crippen LogP contribution < -0.4 is 5.73 Å². The fourth-order valence-electron chi connectivity index (χ4n) is 1.55. The van der Waals surface area contributed by atoms with Gasteiger partial charge in [-0.05, 0) is 24.7 Å². The predicted molar refractivity (Wildman–Crippen MR) is 49.4 cm³/mol. The van der Waals surface area contributed by atoms with E-state index in [1.807, 2.05) is 0 Å². The first-order valence-corrected chi connectivity index (χ1v) is 4.45. The van der Waals surface area contributed by atoms with Gasteiger partial charge in [-0.25, -0.2) is 0 Å². The van der Waals surface area contributed by atoms with Crippen molar-refractivity contribution in [3.8, 4) is 0 Å². The second-order valence-electron chi connectivity index (χ2n) is 4.52. The highest BCUT2D eigenvalue weighted by atomic mass is 14.6. The normalized spacial score (nSPS) is 26.5. The lowest BCUT2D eigenvalue weighted by Gasteiger charge is -2.29. The molecule has 0 aromatic heterocycles. The molecule has 0 radical (unpaired) electrons. The third kappa shape index (κ3) is 2.33. The second-order valence-corrected chi connectivity index (χ2v) is 4.52. The van der Waals surface area contributed by atoms with Crippen LogP contribution in [0.15, 0.2) is 11.6 Å². The zero-order valence-corrected chi connectivity index (χ0v) is 7.85. The van der Waals surface area contributed by atoms with Crippen LogP contribution in [0, 0.1) is 5.41 Å². The third-order valence-corrected chi connectivity index (χ3v) is 2.37. The van der Waals surface area contributed by atoms with Crippen molar-refractivity contribution in [2.24, 2.45) is 11.1 Å². The number of hydrogen-bond acceptors (Lipinski definition) is 1. The van der Waals surface area contributed by atoms with Crippen molar-refractivity contribution >= 4 is 0 Å². The molecule has 0 bridgehead atoms. The average Bonchev–Trinajstić information content (AvgIpc) is 1.86. The Kier molecular flexibility index (Phi) is 2.38. The fourth-order valence-corrected chi connectivity index (χ4v) is 1.55. The zero-order chi connectivity index (χ0) is 8.48. The molecule has 0 aromatic rings. The Balaban J connectivity index is 2.65. The summed E-state index contributed by atoms with van der Waals surface area (Å²) in [5.74, 6) is 0. The quantitative estimate of drug-likeness (QED) is 0.531. The van der Waals surface area contributed by atoms with Crippen LogP contribution in [0.4, 0.5) is 0 Å². The van der Waals surface area contributed by atoms with E-state index in [1.165, 1.54) is 18.4 Å². The Morgan fingerprint density at radius 3 is 2.45 bits per heavy atom. The lowest BCUT2D eigenvalue weighted by atomic mass is 9.79. The molecule has 0 saturated heterocycles. The van der Waals surface area contributed by atoms with Crippen LogP contribution in [-0.4, -0.2) is 6.04 Å². The number of nitrogens with two attached hydrogens (primary N) is 1. The Bertz CT molecular complexity index is 162. The van der Waals surface area contributed by atoms with E-state index >= 15 is 0 Å². The average molecular weight is 153 g/mol. The summed E-state index contributed by atoms with van der Waals surface area (Å²) < 4.78 is 0. The van der Waals surface area contributed by atoms with Crippen LogP contribution in [0.5, 0.6) is 0 Å². The van der Waals surface area contributed by atoms with E-state index in [0.29, 0.717) is 11.5 Å². The molecule has 0 fully saturated rings. The molecule has 1 rings (SSSR count). The minimum Gasteiger partial charge on any atom is -0.327 e. The second kappa shape index (κ2) is 2.98. The maximum absolute atomic E-state index is 5.88. The summed E-state index contributed by atoms with van der Waals surface area (Å²) in [6.07, 6.45) is 5.81. The summed E-state index contributed by atoms with van der Waals surface area (Å²) in [4.78, 5) is 0. The van der Waals surface area contributed by atoms with Crippen LogP contribution in [-0.2, 0) is 0 Å². The molecule has 1 aliphatic carbocycles. The molecule has 64 valence electrons. The molecule has 0 heterocycles. The molecule has 0 amide bonds. The summed E-state index contributed by atoms with van der Waals surface area (Å²) in [5, 5.41) is 0. The molecule has 11 heavy (non-hydrogen) atoms. The maximum atomic E-state index is 5.88.